The van der Waals surface area contributed by atoms with Gasteiger partial charge in [-0.25, -0.2) is 13.1 Å². The highest BCUT2D eigenvalue weighted by atomic mass is 35.5. The molecule has 3 rings (SSSR count). The molecular weight excluding hydrogens is 402 g/mol. The summed E-state index contributed by atoms with van der Waals surface area (Å²) in [6.07, 6.45) is 0.112. The van der Waals surface area contributed by atoms with Crippen LogP contribution in [-0.4, -0.2) is 33.3 Å². The second-order valence-corrected chi connectivity index (χ2v) is 8.60. The minimum absolute atomic E-state index is 0.112. The van der Waals surface area contributed by atoms with Crippen LogP contribution < -0.4 is 14.9 Å². The number of sulfonamides is 1. The largest absolute Gasteiger partial charge is 0.326 e. The molecule has 2 aromatic carbocycles. The van der Waals surface area contributed by atoms with Gasteiger partial charge in [0, 0.05) is 35.9 Å². The van der Waals surface area contributed by atoms with Crippen molar-refractivity contribution in [1.29, 1.82) is 0 Å². The minimum Gasteiger partial charge on any atom is -0.326 e. The molecule has 2 aromatic rings. The highest BCUT2D eigenvalue weighted by Gasteiger charge is 2.35. The highest BCUT2D eigenvalue weighted by Crippen LogP contribution is 2.27. The number of carbonyl (C=O) groups is 2. The van der Waals surface area contributed by atoms with Crippen LogP contribution >= 0.6 is 11.6 Å². The molecule has 148 valence electrons. The Bertz CT molecular complexity index is 975. The molecule has 1 saturated heterocycles. The molecule has 7 nitrogen and oxygen atoms in total. The summed E-state index contributed by atoms with van der Waals surface area (Å²) in [4.78, 5) is 26.5. The fourth-order valence-electron chi connectivity index (χ4n) is 2.99. The first-order chi connectivity index (χ1) is 13.3. The molecule has 1 heterocycles. The lowest BCUT2D eigenvalue weighted by atomic mass is 10.1. The summed E-state index contributed by atoms with van der Waals surface area (Å²) in [5.41, 5.74) is 1.17. The number of carbonyl (C=O) groups excluding carboxylic acids is 2. The van der Waals surface area contributed by atoms with Crippen molar-refractivity contribution >= 4 is 44.8 Å². The Morgan fingerprint density at radius 2 is 1.79 bits per heavy atom. The number of nitrogens with zero attached hydrogens (tertiary/aromatic N) is 1. The van der Waals surface area contributed by atoms with Gasteiger partial charge in [0.1, 0.15) is 0 Å². The van der Waals surface area contributed by atoms with Gasteiger partial charge < -0.3 is 10.2 Å². The van der Waals surface area contributed by atoms with Gasteiger partial charge in [0.15, 0.2) is 0 Å². The van der Waals surface area contributed by atoms with E-state index >= 15 is 0 Å². The van der Waals surface area contributed by atoms with Gasteiger partial charge in [-0.1, -0.05) is 18.5 Å². The standard InChI is InChI=1S/C19H20ClN3O4S/c1-2-21-28(26,27)17-9-5-15(6-10-17)22-19(25)13-11-18(24)23(12-13)16-7-3-14(20)4-8-16/h3-10,13,21H,2,11-12H2,1H3,(H,22,25)/t13-/m1/s1. The Hall–Kier alpha value is -2.42. The van der Waals surface area contributed by atoms with Crippen LogP contribution in [0.1, 0.15) is 13.3 Å². The zero-order chi connectivity index (χ0) is 20.3. The maximum Gasteiger partial charge on any atom is 0.240 e. The summed E-state index contributed by atoms with van der Waals surface area (Å²) >= 11 is 5.87. The number of halogens is 1. The van der Waals surface area contributed by atoms with Crippen LogP contribution in [0.3, 0.4) is 0 Å². The van der Waals surface area contributed by atoms with Gasteiger partial charge >= 0.3 is 0 Å². The lowest BCUT2D eigenvalue weighted by molar-refractivity contribution is -0.122. The van der Waals surface area contributed by atoms with Crippen LogP contribution in [0.4, 0.5) is 11.4 Å². The first-order valence-electron chi connectivity index (χ1n) is 8.76. The smallest absolute Gasteiger partial charge is 0.240 e. The Kier molecular flexibility index (Phi) is 6.02. The van der Waals surface area contributed by atoms with Gasteiger partial charge in [-0.15, -0.1) is 0 Å². The number of benzene rings is 2. The third-order valence-electron chi connectivity index (χ3n) is 4.40. The molecular formula is C19H20ClN3O4S. The van der Waals surface area contributed by atoms with Gasteiger partial charge in [-0.3, -0.25) is 9.59 Å². The number of rotatable bonds is 6. The minimum atomic E-state index is -3.54. The quantitative estimate of drug-likeness (QED) is 0.749. The highest BCUT2D eigenvalue weighted by molar-refractivity contribution is 7.89. The summed E-state index contributed by atoms with van der Waals surface area (Å²) in [6, 6.07) is 12.8. The van der Waals surface area contributed by atoms with Crippen molar-refractivity contribution in [2.75, 3.05) is 23.3 Å². The van der Waals surface area contributed by atoms with E-state index in [2.05, 4.69) is 10.0 Å². The fourth-order valence-corrected chi connectivity index (χ4v) is 4.16. The molecule has 28 heavy (non-hydrogen) atoms. The van der Waals surface area contributed by atoms with E-state index in [0.717, 1.165) is 0 Å². The monoisotopic (exact) mass is 421 g/mol. The molecule has 2 amide bonds. The number of hydrogen-bond donors (Lipinski definition) is 2. The Balaban J connectivity index is 1.65. The Morgan fingerprint density at radius 3 is 2.39 bits per heavy atom. The third-order valence-corrected chi connectivity index (χ3v) is 6.21. The Labute approximate surface area is 168 Å². The summed E-state index contributed by atoms with van der Waals surface area (Å²) in [5.74, 6) is -0.907. The first kappa shape index (κ1) is 20.3. The molecule has 1 aliphatic rings. The zero-order valence-corrected chi connectivity index (χ0v) is 16.8. The van der Waals surface area contributed by atoms with Crippen molar-refractivity contribution in [3.05, 3.63) is 53.6 Å². The second kappa shape index (κ2) is 8.30. The lowest BCUT2D eigenvalue weighted by Crippen LogP contribution is -2.28. The number of anilines is 2. The first-order valence-corrected chi connectivity index (χ1v) is 10.6. The van der Waals surface area contributed by atoms with Crippen LogP contribution in [0.25, 0.3) is 0 Å². The molecule has 0 radical (unpaired) electrons. The van der Waals surface area contributed by atoms with Crippen molar-refractivity contribution in [1.82, 2.24) is 4.72 Å². The SMILES string of the molecule is CCNS(=O)(=O)c1ccc(NC(=O)[C@@H]2CC(=O)N(c3ccc(Cl)cc3)C2)cc1. The molecule has 0 spiro atoms. The van der Waals surface area contributed by atoms with E-state index in [-0.39, 0.29) is 29.7 Å². The second-order valence-electron chi connectivity index (χ2n) is 6.40. The average molecular weight is 422 g/mol. The average Bonchev–Trinajstić information content (AvgIpc) is 3.05. The van der Waals surface area contributed by atoms with Crippen LogP contribution in [0, 0.1) is 5.92 Å². The molecule has 0 aromatic heterocycles. The summed E-state index contributed by atoms with van der Waals surface area (Å²) < 4.78 is 26.3. The molecule has 1 fully saturated rings. The van der Waals surface area contributed by atoms with E-state index < -0.39 is 15.9 Å². The summed E-state index contributed by atoms with van der Waals surface area (Å²) in [6.45, 7) is 2.27. The molecule has 9 heteroatoms. The molecule has 1 atom stereocenters. The van der Waals surface area contributed by atoms with Crippen LogP contribution in [-0.2, 0) is 19.6 Å². The summed E-state index contributed by atoms with van der Waals surface area (Å²) in [5, 5.41) is 3.32. The third kappa shape index (κ3) is 4.52. The van der Waals surface area contributed by atoms with Crippen LogP contribution in [0.2, 0.25) is 5.02 Å². The van der Waals surface area contributed by atoms with E-state index in [4.69, 9.17) is 11.6 Å². The normalized spacial score (nSPS) is 17.0. The van der Waals surface area contributed by atoms with E-state index in [9.17, 15) is 18.0 Å². The van der Waals surface area contributed by atoms with E-state index in [1.54, 1.807) is 36.1 Å². The molecule has 0 unspecified atom stereocenters. The number of amides is 2. The predicted octanol–water partition coefficient (Wildman–Crippen LogP) is 2.63. The molecule has 1 aliphatic heterocycles. The summed E-state index contributed by atoms with van der Waals surface area (Å²) in [7, 11) is -3.54. The van der Waals surface area contributed by atoms with E-state index in [1.807, 2.05) is 0 Å². The molecule has 2 N–H and O–H groups in total. The van der Waals surface area contributed by atoms with Gasteiger partial charge in [0.2, 0.25) is 21.8 Å². The van der Waals surface area contributed by atoms with Crippen molar-refractivity contribution < 1.29 is 18.0 Å². The van der Waals surface area contributed by atoms with Crippen molar-refractivity contribution in [3.8, 4) is 0 Å². The Morgan fingerprint density at radius 1 is 1.14 bits per heavy atom. The maximum absolute atomic E-state index is 12.5. The van der Waals surface area contributed by atoms with Gasteiger partial charge in [0.05, 0.1) is 10.8 Å². The number of nitrogens with one attached hydrogen (secondary N) is 2. The van der Waals surface area contributed by atoms with Crippen molar-refractivity contribution in [2.24, 2.45) is 5.92 Å². The van der Waals surface area contributed by atoms with E-state index in [0.29, 0.717) is 22.9 Å². The van der Waals surface area contributed by atoms with Crippen molar-refractivity contribution in [3.63, 3.8) is 0 Å². The molecule has 0 bridgehead atoms. The molecule has 0 aliphatic carbocycles. The maximum atomic E-state index is 12.5. The number of hydrogen-bond acceptors (Lipinski definition) is 4. The zero-order valence-electron chi connectivity index (χ0n) is 15.2. The van der Waals surface area contributed by atoms with Crippen LogP contribution in [0.15, 0.2) is 53.4 Å². The van der Waals surface area contributed by atoms with Gasteiger partial charge in [0.25, 0.3) is 0 Å². The van der Waals surface area contributed by atoms with Crippen molar-refractivity contribution in [2.45, 2.75) is 18.2 Å². The van der Waals surface area contributed by atoms with Gasteiger partial charge in [-0.05, 0) is 48.5 Å². The fraction of sp³-hybridized carbons (Fsp3) is 0.263. The van der Waals surface area contributed by atoms with E-state index in [1.165, 1.54) is 24.3 Å². The lowest BCUT2D eigenvalue weighted by Gasteiger charge is -2.16. The molecule has 0 saturated carbocycles. The topological polar surface area (TPSA) is 95.6 Å². The predicted molar refractivity (Wildman–Crippen MR) is 108 cm³/mol. The van der Waals surface area contributed by atoms with Crippen LogP contribution in [0.5, 0.6) is 0 Å². The van der Waals surface area contributed by atoms with Gasteiger partial charge in [-0.2, -0.15) is 0 Å².